The van der Waals surface area contributed by atoms with Gasteiger partial charge >= 0.3 is 0 Å². The summed E-state index contributed by atoms with van der Waals surface area (Å²) in [5.74, 6) is 0.888. The second-order valence-corrected chi connectivity index (χ2v) is 6.48. The molecule has 1 heterocycles. The van der Waals surface area contributed by atoms with Crippen molar-refractivity contribution in [2.45, 2.75) is 0 Å². The summed E-state index contributed by atoms with van der Waals surface area (Å²) in [6.07, 6.45) is 1.72. The lowest BCUT2D eigenvalue weighted by atomic mass is 10.2. The summed E-state index contributed by atoms with van der Waals surface area (Å²) in [5, 5.41) is 10.5. The van der Waals surface area contributed by atoms with Gasteiger partial charge in [-0.15, -0.1) is 0 Å². The van der Waals surface area contributed by atoms with Gasteiger partial charge < -0.3 is 14.6 Å². The predicted molar refractivity (Wildman–Crippen MR) is 103 cm³/mol. The molecule has 0 atom stereocenters. The van der Waals surface area contributed by atoms with Gasteiger partial charge in [0.15, 0.2) is 16.7 Å². The third-order valence-electron chi connectivity index (χ3n) is 3.81. The molecule has 6 nitrogen and oxygen atoms in total. The molecule has 1 aliphatic heterocycles. The molecule has 1 fully saturated rings. The fourth-order valence-corrected chi connectivity index (χ4v) is 3.40. The molecule has 2 aromatic carbocycles. The number of benzene rings is 2. The monoisotopic (exact) mass is 370 g/mol. The van der Waals surface area contributed by atoms with E-state index in [1.54, 1.807) is 38.4 Å². The van der Waals surface area contributed by atoms with Gasteiger partial charge in [-0.25, -0.2) is 4.99 Å². The highest BCUT2D eigenvalue weighted by atomic mass is 32.2. The molecule has 26 heavy (non-hydrogen) atoms. The van der Waals surface area contributed by atoms with E-state index in [4.69, 9.17) is 9.47 Å². The molecule has 1 amide bonds. The van der Waals surface area contributed by atoms with E-state index in [2.05, 4.69) is 4.99 Å². The normalized spacial score (nSPS) is 17.2. The Morgan fingerprint density at radius 3 is 2.54 bits per heavy atom. The Bertz CT molecular complexity index is 908. The van der Waals surface area contributed by atoms with Crippen molar-refractivity contribution in [3.8, 4) is 17.2 Å². The number of hydrogen-bond acceptors (Lipinski definition) is 6. The van der Waals surface area contributed by atoms with Crippen molar-refractivity contribution in [1.29, 1.82) is 0 Å². The number of thioether (sulfide) groups is 1. The number of aliphatic imine (C=N–C) groups is 1. The van der Waals surface area contributed by atoms with E-state index in [0.29, 0.717) is 32.8 Å². The van der Waals surface area contributed by atoms with Gasteiger partial charge in [-0.3, -0.25) is 9.69 Å². The van der Waals surface area contributed by atoms with Crippen LogP contribution in [0, 0.1) is 0 Å². The molecule has 0 bridgehead atoms. The van der Waals surface area contributed by atoms with Crippen molar-refractivity contribution in [3.63, 3.8) is 0 Å². The van der Waals surface area contributed by atoms with Crippen LogP contribution in [-0.4, -0.2) is 42.3 Å². The second kappa shape index (κ2) is 7.53. The summed E-state index contributed by atoms with van der Waals surface area (Å²) in [4.78, 5) is 19.1. The highest BCUT2D eigenvalue weighted by molar-refractivity contribution is 8.18. The largest absolute Gasteiger partial charge is 0.504 e. The number of carbonyl (C=O) groups is 1. The van der Waals surface area contributed by atoms with Gasteiger partial charge in [0.1, 0.15) is 11.4 Å². The first-order valence-corrected chi connectivity index (χ1v) is 8.61. The average Bonchev–Trinajstić information content (AvgIpc) is 2.90. The number of rotatable bonds is 4. The topological polar surface area (TPSA) is 71.4 Å². The fraction of sp³-hybridized carbons (Fsp3) is 0.158. The summed E-state index contributed by atoms with van der Waals surface area (Å²) < 4.78 is 10.3. The third kappa shape index (κ3) is 3.52. The molecule has 0 radical (unpaired) electrons. The highest BCUT2D eigenvalue weighted by Crippen LogP contribution is 2.36. The van der Waals surface area contributed by atoms with E-state index in [-0.39, 0.29) is 11.7 Å². The quantitative estimate of drug-likeness (QED) is 0.832. The van der Waals surface area contributed by atoms with Crippen LogP contribution in [0.5, 0.6) is 17.2 Å². The number of nitrogens with zero attached hydrogens (tertiary/aromatic N) is 2. The van der Waals surface area contributed by atoms with Gasteiger partial charge in [0.2, 0.25) is 0 Å². The Kier molecular flexibility index (Phi) is 5.18. The Morgan fingerprint density at radius 1 is 1.12 bits per heavy atom. The molecule has 2 aromatic rings. The van der Waals surface area contributed by atoms with Crippen LogP contribution in [0.4, 0.5) is 5.69 Å². The number of aromatic hydroxyl groups is 1. The number of phenols is 1. The second-order valence-electron chi connectivity index (χ2n) is 5.47. The number of para-hydroxylation sites is 2. The molecule has 0 aromatic heterocycles. The lowest BCUT2D eigenvalue weighted by Gasteiger charge is -2.09. The molecule has 0 unspecified atom stereocenters. The Balaban J connectivity index is 1.91. The smallest absolute Gasteiger partial charge is 0.266 e. The molecule has 1 saturated heterocycles. The maximum atomic E-state index is 12.5. The Morgan fingerprint density at radius 2 is 1.85 bits per heavy atom. The van der Waals surface area contributed by atoms with Gasteiger partial charge in [-0.2, -0.15) is 0 Å². The molecule has 134 valence electrons. The van der Waals surface area contributed by atoms with E-state index in [1.807, 2.05) is 24.3 Å². The zero-order valence-electron chi connectivity index (χ0n) is 14.6. The molecule has 7 heteroatoms. The molecule has 0 saturated carbocycles. The van der Waals surface area contributed by atoms with E-state index < -0.39 is 0 Å². The van der Waals surface area contributed by atoms with Crippen LogP contribution in [0.2, 0.25) is 0 Å². The van der Waals surface area contributed by atoms with Crippen molar-refractivity contribution < 1.29 is 19.4 Å². The van der Waals surface area contributed by atoms with Crippen LogP contribution in [0.15, 0.2) is 52.4 Å². The lowest BCUT2D eigenvalue weighted by Crippen LogP contribution is -2.23. The van der Waals surface area contributed by atoms with Crippen molar-refractivity contribution >= 4 is 34.6 Å². The minimum atomic E-state index is -0.154. The highest BCUT2D eigenvalue weighted by Gasteiger charge is 2.30. The predicted octanol–water partition coefficient (Wildman–Crippen LogP) is 3.64. The first kappa shape index (κ1) is 17.9. The lowest BCUT2D eigenvalue weighted by molar-refractivity contribution is -0.121. The molecule has 1 N–H and O–H groups in total. The summed E-state index contributed by atoms with van der Waals surface area (Å²) in [7, 11) is 4.74. The number of ether oxygens (including phenoxy) is 2. The fourth-order valence-electron chi connectivity index (χ4n) is 2.42. The maximum Gasteiger partial charge on any atom is 0.266 e. The molecular weight excluding hydrogens is 352 g/mol. The minimum Gasteiger partial charge on any atom is -0.504 e. The summed E-state index contributed by atoms with van der Waals surface area (Å²) >= 11 is 1.27. The zero-order chi connectivity index (χ0) is 18.7. The number of carbonyl (C=O) groups excluding carboxylic acids is 1. The molecular formula is C19H18N2O4S. The van der Waals surface area contributed by atoms with Gasteiger partial charge in [0.25, 0.3) is 5.91 Å². The van der Waals surface area contributed by atoms with Crippen LogP contribution in [-0.2, 0) is 4.79 Å². The van der Waals surface area contributed by atoms with E-state index in [1.165, 1.54) is 23.8 Å². The zero-order valence-corrected chi connectivity index (χ0v) is 15.4. The van der Waals surface area contributed by atoms with Crippen molar-refractivity contribution in [2.24, 2.45) is 4.99 Å². The van der Waals surface area contributed by atoms with Crippen LogP contribution in [0.3, 0.4) is 0 Å². The van der Waals surface area contributed by atoms with Gasteiger partial charge in [-0.05, 0) is 47.7 Å². The van der Waals surface area contributed by atoms with Crippen LogP contribution < -0.4 is 9.47 Å². The standard InChI is InChI=1S/C19H18N2O4S/c1-21-18(23)17(11-12-8-9-16(25-3)14(22)10-12)26-19(21)20-13-6-4-5-7-15(13)24-2/h4-11,22H,1-3H3/b17-11+,20-19?. The minimum absolute atomic E-state index is 0.0218. The maximum absolute atomic E-state index is 12.5. The molecule has 3 rings (SSSR count). The Labute approximate surface area is 155 Å². The summed E-state index contributed by atoms with van der Waals surface area (Å²) in [5.41, 5.74) is 1.35. The number of amidine groups is 1. The molecule has 1 aliphatic rings. The summed E-state index contributed by atoms with van der Waals surface area (Å²) in [6, 6.07) is 12.3. The van der Waals surface area contributed by atoms with Crippen LogP contribution in [0.1, 0.15) is 5.56 Å². The van der Waals surface area contributed by atoms with Crippen molar-refractivity contribution in [3.05, 3.63) is 52.9 Å². The van der Waals surface area contributed by atoms with E-state index >= 15 is 0 Å². The number of phenolic OH excluding ortho intramolecular Hbond substituents is 1. The number of likely N-dealkylation sites (N-methyl/N-ethyl adjacent to an activating group) is 1. The SMILES string of the molecule is COc1ccc(/C=C2/SC(=Nc3ccccc3OC)N(C)C2=O)cc1O. The van der Waals surface area contributed by atoms with Gasteiger partial charge in [-0.1, -0.05) is 18.2 Å². The third-order valence-corrected chi connectivity index (χ3v) is 4.87. The van der Waals surface area contributed by atoms with E-state index in [0.717, 1.165) is 0 Å². The van der Waals surface area contributed by atoms with Gasteiger partial charge in [0, 0.05) is 7.05 Å². The Hall–Kier alpha value is -2.93. The average molecular weight is 370 g/mol. The first-order valence-electron chi connectivity index (χ1n) is 7.80. The van der Waals surface area contributed by atoms with Crippen LogP contribution in [0.25, 0.3) is 6.08 Å². The number of amides is 1. The van der Waals surface area contributed by atoms with Crippen LogP contribution >= 0.6 is 11.8 Å². The first-order chi connectivity index (χ1) is 12.5. The van der Waals surface area contributed by atoms with E-state index in [9.17, 15) is 9.90 Å². The number of methoxy groups -OCH3 is 2. The number of hydrogen-bond donors (Lipinski definition) is 1. The molecule has 0 aliphatic carbocycles. The van der Waals surface area contributed by atoms with Gasteiger partial charge in [0.05, 0.1) is 19.1 Å². The van der Waals surface area contributed by atoms with Crippen molar-refractivity contribution in [2.75, 3.05) is 21.3 Å². The summed E-state index contributed by atoms with van der Waals surface area (Å²) in [6.45, 7) is 0. The molecule has 0 spiro atoms. The van der Waals surface area contributed by atoms with Crippen molar-refractivity contribution in [1.82, 2.24) is 4.90 Å².